The molecule has 1 aromatic rings. The van der Waals surface area contributed by atoms with Crippen molar-refractivity contribution in [1.29, 1.82) is 0 Å². The van der Waals surface area contributed by atoms with Crippen molar-refractivity contribution >= 4 is 23.2 Å². The van der Waals surface area contributed by atoms with Crippen molar-refractivity contribution in [2.45, 2.75) is 39.2 Å². The minimum atomic E-state index is -0.122. The van der Waals surface area contributed by atoms with Crippen LogP contribution in [0.3, 0.4) is 0 Å². The molecular weight excluding hydrogens is 236 g/mol. The molecule has 1 aromatic carbocycles. The molecular formula is C13H19ClN2O. The number of nitrogens with two attached hydrogens (primary N) is 1. The fourth-order valence-electron chi connectivity index (χ4n) is 1.63. The molecule has 0 saturated carbocycles. The van der Waals surface area contributed by atoms with Crippen LogP contribution in [-0.2, 0) is 0 Å². The third kappa shape index (κ3) is 4.65. The van der Waals surface area contributed by atoms with E-state index in [4.69, 9.17) is 17.3 Å². The van der Waals surface area contributed by atoms with Gasteiger partial charge in [-0.2, -0.15) is 0 Å². The maximum absolute atomic E-state index is 11.9. The first-order chi connectivity index (χ1) is 8.02. The topological polar surface area (TPSA) is 55.1 Å². The number of carbonyl (C=O) groups excluding carboxylic acids is 1. The number of anilines is 1. The van der Waals surface area contributed by atoms with E-state index in [2.05, 4.69) is 12.2 Å². The molecule has 0 aromatic heterocycles. The summed E-state index contributed by atoms with van der Waals surface area (Å²) in [6.07, 6.45) is 3.22. The Bertz CT molecular complexity index is 373. The lowest BCUT2D eigenvalue weighted by atomic mass is 10.1. The molecule has 3 nitrogen and oxygen atoms in total. The predicted molar refractivity (Wildman–Crippen MR) is 72.3 cm³/mol. The third-order valence-electron chi connectivity index (χ3n) is 2.55. The Morgan fingerprint density at radius 2 is 2.18 bits per heavy atom. The fourth-order valence-corrected chi connectivity index (χ4v) is 1.88. The standard InChI is InChI=1S/C13H19ClN2O/c1-3-4-5-9(2)16-13(17)10-6-11(14)8-12(15)7-10/h6-9H,3-5,15H2,1-2H3,(H,16,17). The van der Waals surface area contributed by atoms with Crippen LogP contribution < -0.4 is 11.1 Å². The van der Waals surface area contributed by atoms with Gasteiger partial charge < -0.3 is 11.1 Å². The van der Waals surface area contributed by atoms with E-state index in [0.717, 1.165) is 19.3 Å². The number of benzene rings is 1. The quantitative estimate of drug-likeness (QED) is 0.793. The molecule has 0 bridgehead atoms. The molecule has 0 aliphatic rings. The number of hydrogen-bond donors (Lipinski definition) is 2. The zero-order chi connectivity index (χ0) is 12.8. The molecule has 0 saturated heterocycles. The summed E-state index contributed by atoms with van der Waals surface area (Å²) >= 11 is 5.85. The average molecular weight is 255 g/mol. The number of rotatable bonds is 5. The van der Waals surface area contributed by atoms with Gasteiger partial charge in [-0.15, -0.1) is 0 Å². The second-order valence-electron chi connectivity index (χ2n) is 4.29. The Balaban J connectivity index is 2.63. The highest BCUT2D eigenvalue weighted by Crippen LogP contribution is 2.16. The van der Waals surface area contributed by atoms with Gasteiger partial charge in [0.1, 0.15) is 0 Å². The van der Waals surface area contributed by atoms with Crippen LogP contribution in [-0.4, -0.2) is 11.9 Å². The molecule has 1 rings (SSSR count). The summed E-state index contributed by atoms with van der Waals surface area (Å²) in [6.45, 7) is 4.13. The van der Waals surface area contributed by atoms with Crippen LogP contribution in [0.4, 0.5) is 5.69 Å². The molecule has 94 valence electrons. The second-order valence-corrected chi connectivity index (χ2v) is 4.73. The highest BCUT2D eigenvalue weighted by molar-refractivity contribution is 6.31. The molecule has 1 unspecified atom stereocenters. The molecule has 0 fully saturated rings. The van der Waals surface area contributed by atoms with Crippen LogP contribution in [0.25, 0.3) is 0 Å². The van der Waals surface area contributed by atoms with E-state index in [1.807, 2.05) is 6.92 Å². The second kappa shape index (κ2) is 6.50. The summed E-state index contributed by atoms with van der Waals surface area (Å²) in [5.74, 6) is -0.122. The van der Waals surface area contributed by atoms with Crippen LogP contribution in [0.2, 0.25) is 5.02 Å². The highest BCUT2D eigenvalue weighted by atomic mass is 35.5. The van der Waals surface area contributed by atoms with Crippen molar-refractivity contribution < 1.29 is 4.79 Å². The number of nitrogens with one attached hydrogen (secondary N) is 1. The molecule has 0 aliphatic heterocycles. The largest absolute Gasteiger partial charge is 0.399 e. The van der Waals surface area contributed by atoms with E-state index in [1.165, 1.54) is 0 Å². The molecule has 1 atom stereocenters. The maximum atomic E-state index is 11.9. The Morgan fingerprint density at radius 3 is 2.76 bits per heavy atom. The molecule has 0 heterocycles. The van der Waals surface area contributed by atoms with Crippen LogP contribution in [0.5, 0.6) is 0 Å². The van der Waals surface area contributed by atoms with Gasteiger partial charge >= 0.3 is 0 Å². The van der Waals surface area contributed by atoms with Crippen LogP contribution in [0.1, 0.15) is 43.5 Å². The summed E-state index contributed by atoms with van der Waals surface area (Å²) in [5.41, 5.74) is 6.66. The van der Waals surface area contributed by atoms with Crippen molar-refractivity contribution in [2.75, 3.05) is 5.73 Å². The monoisotopic (exact) mass is 254 g/mol. The molecule has 0 aliphatic carbocycles. The van der Waals surface area contributed by atoms with Gasteiger partial charge in [0.05, 0.1) is 0 Å². The van der Waals surface area contributed by atoms with Gasteiger partial charge in [0, 0.05) is 22.3 Å². The summed E-state index contributed by atoms with van der Waals surface area (Å²) in [4.78, 5) is 11.9. The Hall–Kier alpha value is -1.22. The van der Waals surface area contributed by atoms with Gasteiger partial charge in [-0.25, -0.2) is 0 Å². The summed E-state index contributed by atoms with van der Waals surface area (Å²) < 4.78 is 0. The van der Waals surface area contributed by atoms with Gasteiger partial charge in [-0.05, 0) is 31.5 Å². The lowest BCUT2D eigenvalue weighted by molar-refractivity contribution is 0.0938. The molecule has 3 N–H and O–H groups in total. The number of unbranched alkanes of at least 4 members (excludes halogenated alkanes) is 1. The number of carbonyl (C=O) groups is 1. The predicted octanol–water partition coefficient (Wildman–Crippen LogP) is 3.23. The minimum Gasteiger partial charge on any atom is -0.399 e. The molecule has 0 radical (unpaired) electrons. The zero-order valence-electron chi connectivity index (χ0n) is 10.3. The van der Waals surface area contributed by atoms with E-state index in [1.54, 1.807) is 18.2 Å². The average Bonchev–Trinajstić information content (AvgIpc) is 2.25. The van der Waals surface area contributed by atoms with Crippen LogP contribution >= 0.6 is 11.6 Å². The molecule has 4 heteroatoms. The summed E-state index contributed by atoms with van der Waals surface area (Å²) in [5, 5.41) is 3.42. The number of hydrogen-bond acceptors (Lipinski definition) is 2. The number of amides is 1. The van der Waals surface area contributed by atoms with E-state index < -0.39 is 0 Å². The van der Waals surface area contributed by atoms with Crippen molar-refractivity contribution in [1.82, 2.24) is 5.32 Å². The first-order valence-corrected chi connectivity index (χ1v) is 6.27. The summed E-state index contributed by atoms with van der Waals surface area (Å²) in [7, 11) is 0. The van der Waals surface area contributed by atoms with E-state index in [0.29, 0.717) is 16.3 Å². The van der Waals surface area contributed by atoms with E-state index >= 15 is 0 Å². The van der Waals surface area contributed by atoms with Gasteiger partial charge in [0.15, 0.2) is 0 Å². The Labute approximate surface area is 107 Å². The Kier molecular flexibility index (Phi) is 5.29. The molecule has 0 spiro atoms. The Morgan fingerprint density at radius 1 is 1.47 bits per heavy atom. The van der Waals surface area contributed by atoms with Crippen molar-refractivity contribution in [2.24, 2.45) is 0 Å². The van der Waals surface area contributed by atoms with Crippen molar-refractivity contribution in [3.05, 3.63) is 28.8 Å². The minimum absolute atomic E-state index is 0.122. The fraction of sp³-hybridized carbons (Fsp3) is 0.462. The molecule has 1 amide bonds. The molecule has 17 heavy (non-hydrogen) atoms. The normalized spacial score (nSPS) is 12.2. The lowest BCUT2D eigenvalue weighted by Crippen LogP contribution is -2.32. The van der Waals surface area contributed by atoms with Gasteiger partial charge in [0.2, 0.25) is 0 Å². The first kappa shape index (κ1) is 13.8. The van der Waals surface area contributed by atoms with Crippen molar-refractivity contribution in [3.63, 3.8) is 0 Å². The van der Waals surface area contributed by atoms with Gasteiger partial charge in [-0.1, -0.05) is 31.4 Å². The number of halogens is 1. The van der Waals surface area contributed by atoms with Crippen LogP contribution in [0, 0.1) is 0 Å². The zero-order valence-corrected chi connectivity index (χ0v) is 11.1. The van der Waals surface area contributed by atoms with Gasteiger partial charge in [-0.3, -0.25) is 4.79 Å². The highest BCUT2D eigenvalue weighted by Gasteiger charge is 2.10. The van der Waals surface area contributed by atoms with Crippen molar-refractivity contribution in [3.8, 4) is 0 Å². The third-order valence-corrected chi connectivity index (χ3v) is 2.77. The first-order valence-electron chi connectivity index (χ1n) is 5.90. The maximum Gasteiger partial charge on any atom is 0.251 e. The smallest absolute Gasteiger partial charge is 0.251 e. The number of nitrogen functional groups attached to an aromatic ring is 1. The van der Waals surface area contributed by atoms with Gasteiger partial charge in [0.25, 0.3) is 5.91 Å². The summed E-state index contributed by atoms with van der Waals surface area (Å²) in [6, 6.07) is 5.05. The van der Waals surface area contributed by atoms with E-state index in [-0.39, 0.29) is 11.9 Å². The van der Waals surface area contributed by atoms with E-state index in [9.17, 15) is 4.79 Å². The SMILES string of the molecule is CCCCC(C)NC(=O)c1cc(N)cc(Cl)c1. The van der Waals surface area contributed by atoms with Crippen LogP contribution in [0.15, 0.2) is 18.2 Å². The lowest BCUT2D eigenvalue weighted by Gasteiger charge is -2.13.